The van der Waals surface area contributed by atoms with Crippen LogP contribution in [0.15, 0.2) is 29.6 Å². The molecule has 160 valence electrons. The van der Waals surface area contributed by atoms with Gasteiger partial charge >= 0.3 is 0 Å². The Morgan fingerprint density at radius 3 is 2.37 bits per heavy atom. The largest absolute Gasteiger partial charge is 0.349 e. The van der Waals surface area contributed by atoms with Gasteiger partial charge in [-0.05, 0) is 70.3 Å². The first-order valence-corrected chi connectivity index (χ1v) is 11.7. The van der Waals surface area contributed by atoms with Gasteiger partial charge in [-0.15, -0.1) is 11.3 Å². The number of rotatable bonds is 7. The zero-order valence-electron chi connectivity index (χ0n) is 17.7. The molecule has 0 bridgehead atoms. The molecule has 2 heterocycles. The predicted octanol–water partition coefficient (Wildman–Crippen LogP) is 3.89. The van der Waals surface area contributed by atoms with Gasteiger partial charge in [0, 0.05) is 29.4 Å². The van der Waals surface area contributed by atoms with Gasteiger partial charge in [-0.2, -0.15) is 0 Å². The lowest BCUT2D eigenvalue weighted by Crippen LogP contribution is -2.40. The second kappa shape index (κ2) is 9.27. The van der Waals surface area contributed by atoms with Crippen LogP contribution >= 0.6 is 11.3 Å². The molecule has 2 amide bonds. The highest BCUT2D eigenvalue weighted by molar-refractivity contribution is 7.09. The Labute approximate surface area is 182 Å². The highest BCUT2D eigenvalue weighted by Gasteiger charge is 2.29. The van der Waals surface area contributed by atoms with Gasteiger partial charge in [0.2, 0.25) is 11.8 Å². The summed E-state index contributed by atoms with van der Waals surface area (Å²) < 4.78 is 0. The number of piperidine rings is 1. The number of likely N-dealkylation sites (tertiary alicyclic amines) is 1. The van der Waals surface area contributed by atoms with Crippen LogP contribution in [0.1, 0.15) is 54.9 Å². The average molecular weight is 427 g/mol. The summed E-state index contributed by atoms with van der Waals surface area (Å²) in [6.07, 6.45) is 3.76. The maximum absolute atomic E-state index is 12.7. The van der Waals surface area contributed by atoms with Gasteiger partial charge in [0.25, 0.3) is 0 Å². The molecule has 1 aliphatic carbocycles. The second-order valence-electron chi connectivity index (χ2n) is 8.52. The van der Waals surface area contributed by atoms with Crippen molar-refractivity contribution in [3.63, 3.8) is 0 Å². The Kier molecular flexibility index (Phi) is 6.49. The smallest absolute Gasteiger partial charge is 0.227 e. The van der Waals surface area contributed by atoms with Crippen molar-refractivity contribution in [2.24, 2.45) is 11.8 Å². The predicted molar refractivity (Wildman–Crippen MR) is 119 cm³/mol. The summed E-state index contributed by atoms with van der Waals surface area (Å²) in [4.78, 5) is 31.5. The number of hydrogen-bond acceptors (Lipinski definition) is 5. The molecule has 2 aliphatic rings. The van der Waals surface area contributed by atoms with Crippen molar-refractivity contribution in [3.05, 3.63) is 45.9 Å². The number of aryl methyl sites for hydroxylation is 1. The number of anilines is 1. The Morgan fingerprint density at radius 2 is 1.77 bits per heavy atom. The lowest BCUT2D eigenvalue weighted by molar-refractivity contribution is -0.127. The Morgan fingerprint density at radius 1 is 1.10 bits per heavy atom. The standard InChI is InChI=1S/C23H30N4O2S/c1-15(17-5-7-20(8-6-17)26-23(29)18-3-4-18)24-22(28)19-9-11-27(12-10-19)13-21-14-30-16(2)25-21/h5-8,14-15,18-19H,3-4,9-13H2,1-2H3,(H,24,28)(H,26,29). The number of benzene rings is 1. The summed E-state index contributed by atoms with van der Waals surface area (Å²) in [5.74, 6) is 0.510. The zero-order chi connectivity index (χ0) is 21.1. The van der Waals surface area contributed by atoms with Gasteiger partial charge < -0.3 is 10.6 Å². The third kappa shape index (κ3) is 5.46. The number of hydrogen-bond donors (Lipinski definition) is 2. The van der Waals surface area contributed by atoms with Crippen LogP contribution in [0.4, 0.5) is 5.69 Å². The van der Waals surface area contributed by atoms with Crippen LogP contribution in [-0.4, -0.2) is 34.8 Å². The summed E-state index contributed by atoms with van der Waals surface area (Å²) >= 11 is 1.69. The molecule has 2 fully saturated rings. The van der Waals surface area contributed by atoms with Gasteiger partial charge in [-0.25, -0.2) is 4.98 Å². The van der Waals surface area contributed by atoms with E-state index in [0.29, 0.717) is 0 Å². The van der Waals surface area contributed by atoms with Crippen molar-refractivity contribution in [2.45, 2.75) is 52.1 Å². The van der Waals surface area contributed by atoms with Gasteiger partial charge in [0.05, 0.1) is 16.7 Å². The van der Waals surface area contributed by atoms with Crippen molar-refractivity contribution in [1.82, 2.24) is 15.2 Å². The molecule has 1 saturated carbocycles. The average Bonchev–Trinajstić information content (AvgIpc) is 3.52. The molecule has 7 heteroatoms. The van der Waals surface area contributed by atoms with Crippen LogP contribution in [0.5, 0.6) is 0 Å². The van der Waals surface area contributed by atoms with E-state index in [-0.39, 0.29) is 29.7 Å². The van der Waals surface area contributed by atoms with Crippen LogP contribution in [0.25, 0.3) is 0 Å². The Bertz CT molecular complexity index is 883. The molecule has 2 N–H and O–H groups in total. The lowest BCUT2D eigenvalue weighted by atomic mass is 9.95. The monoisotopic (exact) mass is 426 g/mol. The fourth-order valence-corrected chi connectivity index (χ4v) is 4.53. The summed E-state index contributed by atoms with van der Waals surface area (Å²) in [6, 6.07) is 7.73. The molecule has 6 nitrogen and oxygen atoms in total. The molecule has 1 atom stereocenters. The van der Waals surface area contributed by atoms with Crippen molar-refractivity contribution < 1.29 is 9.59 Å². The van der Waals surface area contributed by atoms with Crippen LogP contribution in [0.2, 0.25) is 0 Å². The van der Waals surface area contributed by atoms with E-state index in [1.165, 1.54) is 0 Å². The quantitative estimate of drug-likeness (QED) is 0.704. The van der Waals surface area contributed by atoms with Crippen molar-refractivity contribution >= 4 is 28.8 Å². The minimum absolute atomic E-state index is 0.0540. The number of thiazole rings is 1. The third-order valence-corrected chi connectivity index (χ3v) is 6.82. The van der Waals surface area contributed by atoms with E-state index >= 15 is 0 Å². The third-order valence-electron chi connectivity index (χ3n) is 6.00. The lowest BCUT2D eigenvalue weighted by Gasteiger charge is -2.31. The molecule has 1 saturated heterocycles. The Balaban J connectivity index is 1.23. The van der Waals surface area contributed by atoms with E-state index in [1.54, 1.807) is 11.3 Å². The molecule has 1 unspecified atom stereocenters. The number of nitrogens with zero attached hydrogens (tertiary/aromatic N) is 2. The highest BCUT2D eigenvalue weighted by atomic mass is 32.1. The van der Waals surface area contributed by atoms with Gasteiger partial charge in [0.1, 0.15) is 0 Å². The minimum atomic E-state index is -0.0540. The highest BCUT2D eigenvalue weighted by Crippen LogP contribution is 2.30. The topological polar surface area (TPSA) is 74.3 Å². The van der Waals surface area contributed by atoms with E-state index in [1.807, 2.05) is 38.1 Å². The molecule has 30 heavy (non-hydrogen) atoms. The van der Waals surface area contributed by atoms with Crippen LogP contribution in [-0.2, 0) is 16.1 Å². The first-order valence-electron chi connectivity index (χ1n) is 10.8. The zero-order valence-corrected chi connectivity index (χ0v) is 18.5. The van der Waals surface area contributed by atoms with E-state index < -0.39 is 0 Å². The van der Waals surface area contributed by atoms with E-state index in [9.17, 15) is 9.59 Å². The SMILES string of the molecule is Cc1nc(CN2CCC(C(=O)NC(C)c3ccc(NC(=O)C4CC4)cc3)CC2)cs1. The number of aromatic nitrogens is 1. The minimum Gasteiger partial charge on any atom is -0.349 e. The van der Waals surface area contributed by atoms with Crippen LogP contribution in [0.3, 0.4) is 0 Å². The first-order chi connectivity index (χ1) is 14.5. The maximum atomic E-state index is 12.7. The van der Waals surface area contributed by atoms with Crippen molar-refractivity contribution in [3.8, 4) is 0 Å². The number of amides is 2. The van der Waals surface area contributed by atoms with Gasteiger partial charge in [0.15, 0.2) is 0 Å². The maximum Gasteiger partial charge on any atom is 0.227 e. The van der Waals surface area contributed by atoms with E-state index in [4.69, 9.17) is 0 Å². The molecule has 4 rings (SSSR count). The molecule has 2 aromatic rings. The van der Waals surface area contributed by atoms with Crippen molar-refractivity contribution in [2.75, 3.05) is 18.4 Å². The van der Waals surface area contributed by atoms with Crippen LogP contribution < -0.4 is 10.6 Å². The summed E-state index contributed by atoms with van der Waals surface area (Å²) in [7, 11) is 0. The number of nitrogens with one attached hydrogen (secondary N) is 2. The fraction of sp³-hybridized carbons (Fsp3) is 0.522. The summed E-state index contributed by atoms with van der Waals surface area (Å²) in [6.45, 7) is 6.77. The molecule has 1 aromatic carbocycles. The van der Waals surface area contributed by atoms with Gasteiger partial charge in [-0.3, -0.25) is 14.5 Å². The van der Waals surface area contributed by atoms with E-state index in [0.717, 1.165) is 67.3 Å². The second-order valence-corrected chi connectivity index (χ2v) is 9.59. The summed E-state index contributed by atoms with van der Waals surface area (Å²) in [5.41, 5.74) is 2.99. The molecular formula is C23H30N4O2S. The molecule has 1 aromatic heterocycles. The van der Waals surface area contributed by atoms with E-state index in [2.05, 4.69) is 25.9 Å². The van der Waals surface area contributed by atoms with Crippen LogP contribution in [0, 0.1) is 18.8 Å². The van der Waals surface area contributed by atoms with Gasteiger partial charge in [-0.1, -0.05) is 12.1 Å². The molecular weight excluding hydrogens is 396 g/mol. The normalized spacial score (nSPS) is 18.7. The van der Waals surface area contributed by atoms with Crippen molar-refractivity contribution in [1.29, 1.82) is 0 Å². The molecule has 0 radical (unpaired) electrons. The fourth-order valence-electron chi connectivity index (χ4n) is 3.92. The Hall–Kier alpha value is -2.25. The number of carbonyl (C=O) groups is 2. The first kappa shape index (κ1) is 21.0. The molecule has 1 aliphatic heterocycles. The molecule has 0 spiro atoms. The summed E-state index contributed by atoms with van der Waals surface area (Å²) in [5, 5.41) is 9.34. The number of carbonyl (C=O) groups excluding carboxylic acids is 2.